The van der Waals surface area contributed by atoms with Crippen LogP contribution in [0, 0.1) is 18.6 Å². The first kappa shape index (κ1) is 18.9. The Bertz CT molecular complexity index is 1100. The topological polar surface area (TPSA) is 74.4 Å². The van der Waals surface area contributed by atoms with E-state index in [1.165, 1.54) is 6.92 Å². The summed E-state index contributed by atoms with van der Waals surface area (Å²) in [6.45, 7) is 3.48. The van der Waals surface area contributed by atoms with Crippen LogP contribution < -0.4 is 10.2 Å². The van der Waals surface area contributed by atoms with Gasteiger partial charge in [0.2, 0.25) is 5.91 Å². The third-order valence-electron chi connectivity index (χ3n) is 4.84. The van der Waals surface area contributed by atoms with E-state index in [0.29, 0.717) is 5.56 Å². The molecule has 1 fully saturated rings. The predicted octanol–water partition coefficient (Wildman–Crippen LogP) is 3.88. The van der Waals surface area contributed by atoms with Crippen molar-refractivity contribution in [1.82, 2.24) is 10.3 Å². The van der Waals surface area contributed by atoms with E-state index in [2.05, 4.69) is 10.3 Å². The summed E-state index contributed by atoms with van der Waals surface area (Å²) in [4.78, 5) is 27.4. The molecule has 8 heteroatoms. The second kappa shape index (κ2) is 7.20. The molecule has 1 aliphatic heterocycles. The number of carbonyl (C=O) groups is 2. The molecule has 6 nitrogen and oxygen atoms in total. The van der Waals surface area contributed by atoms with Gasteiger partial charge in [-0.25, -0.2) is 13.6 Å². The van der Waals surface area contributed by atoms with Gasteiger partial charge >= 0.3 is 6.09 Å². The summed E-state index contributed by atoms with van der Waals surface area (Å²) in [7, 11) is 0. The molecule has 1 unspecified atom stereocenters. The Morgan fingerprint density at radius 1 is 1.24 bits per heavy atom. The molecule has 2 heterocycles. The number of cyclic esters (lactones) is 1. The summed E-state index contributed by atoms with van der Waals surface area (Å²) in [5.41, 5.74) is 2.16. The van der Waals surface area contributed by atoms with E-state index in [4.69, 9.17) is 4.74 Å². The first-order chi connectivity index (χ1) is 13.8. The SMILES string of the molecule is CC(=O)NCC1CN(c2cc(F)c(-c3ccc4[nH]c(C)cc4c3)c(F)c2)C(=O)O1. The maximum absolute atomic E-state index is 14.8. The number of nitrogens with one attached hydrogen (secondary N) is 2. The largest absolute Gasteiger partial charge is 0.442 e. The number of benzene rings is 2. The molecule has 0 saturated carbocycles. The molecule has 29 heavy (non-hydrogen) atoms. The molecule has 1 aliphatic rings. The summed E-state index contributed by atoms with van der Waals surface area (Å²) in [6.07, 6.45) is -1.30. The fraction of sp³-hybridized carbons (Fsp3) is 0.238. The van der Waals surface area contributed by atoms with Crippen molar-refractivity contribution >= 4 is 28.6 Å². The maximum atomic E-state index is 14.8. The second-order valence-corrected chi connectivity index (χ2v) is 7.09. The molecule has 2 N–H and O–H groups in total. The molecule has 2 amide bonds. The number of hydrogen-bond donors (Lipinski definition) is 2. The number of aromatic nitrogens is 1. The van der Waals surface area contributed by atoms with E-state index in [1.807, 2.05) is 13.0 Å². The van der Waals surface area contributed by atoms with Crippen LogP contribution in [0.5, 0.6) is 0 Å². The second-order valence-electron chi connectivity index (χ2n) is 7.09. The van der Waals surface area contributed by atoms with Crippen LogP contribution in [0.2, 0.25) is 0 Å². The molecular weight excluding hydrogens is 380 g/mol. The van der Waals surface area contributed by atoms with Crippen molar-refractivity contribution < 1.29 is 23.1 Å². The van der Waals surface area contributed by atoms with Crippen LogP contribution in [-0.2, 0) is 9.53 Å². The van der Waals surface area contributed by atoms with Gasteiger partial charge in [0, 0.05) is 23.5 Å². The van der Waals surface area contributed by atoms with Crippen molar-refractivity contribution in [2.75, 3.05) is 18.0 Å². The molecular formula is C21H19F2N3O3. The van der Waals surface area contributed by atoms with Gasteiger partial charge < -0.3 is 15.0 Å². The summed E-state index contributed by atoms with van der Waals surface area (Å²) < 4.78 is 34.8. The summed E-state index contributed by atoms with van der Waals surface area (Å²) in [6, 6.07) is 9.27. The van der Waals surface area contributed by atoms with Crippen LogP contribution in [0.1, 0.15) is 12.6 Å². The number of fused-ring (bicyclic) bond motifs is 1. The highest BCUT2D eigenvalue weighted by Gasteiger charge is 2.33. The van der Waals surface area contributed by atoms with Gasteiger partial charge in [-0.15, -0.1) is 0 Å². The number of halogens is 2. The number of amides is 2. The highest BCUT2D eigenvalue weighted by atomic mass is 19.1. The lowest BCUT2D eigenvalue weighted by Gasteiger charge is -2.15. The smallest absolute Gasteiger partial charge is 0.414 e. The van der Waals surface area contributed by atoms with Crippen molar-refractivity contribution in [3.05, 3.63) is 53.7 Å². The summed E-state index contributed by atoms with van der Waals surface area (Å²) in [5, 5.41) is 3.41. The summed E-state index contributed by atoms with van der Waals surface area (Å²) in [5.74, 6) is -1.80. The molecule has 1 atom stereocenters. The van der Waals surface area contributed by atoms with E-state index in [1.54, 1.807) is 18.2 Å². The van der Waals surface area contributed by atoms with E-state index in [-0.39, 0.29) is 30.2 Å². The number of aromatic amines is 1. The lowest BCUT2D eigenvalue weighted by atomic mass is 10.0. The van der Waals surface area contributed by atoms with Crippen molar-refractivity contribution in [2.24, 2.45) is 0 Å². The molecule has 3 aromatic rings. The molecule has 0 bridgehead atoms. The van der Waals surface area contributed by atoms with Crippen molar-refractivity contribution in [3.8, 4) is 11.1 Å². The third kappa shape index (κ3) is 3.65. The van der Waals surface area contributed by atoms with Crippen LogP contribution in [0.25, 0.3) is 22.0 Å². The van der Waals surface area contributed by atoms with Gasteiger partial charge in [-0.2, -0.15) is 0 Å². The molecule has 0 radical (unpaired) electrons. The van der Waals surface area contributed by atoms with Gasteiger partial charge in [0.15, 0.2) is 0 Å². The first-order valence-corrected chi connectivity index (χ1v) is 9.13. The molecule has 150 valence electrons. The van der Waals surface area contributed by atoms with Crippen LogP contribution in [0.4, 0.5) is 19.3 Å². The molecule has 2 aromatic carbocycles. The van der Waals surface area contributed by atoms with Gasteiger partial charge in [-0.3, -0.25) is 9.69 Å². The van der Waals surface area contributed by atoms with Gasteiger partial charge in [0.05, 0.1) is 24.3 Å². The standard InChI is InChI=1S/C21H19F2N3O3/c1-11-5-14-6-13(3-4-19(14)25-11)20-17(22)7-15(8-18(20)23)26-10-16(29-21(26)28)9-24-12(2)27/h3-8,16,25H,9-10H2,1-2H3,(H,24,27). The number of ether oxygens (including phenoxy) is 1. The number of carbonyl (C=O) groups excluding carboxylic acids is 2. The zero-order valence-corrected chi connectivity index (χ0v) is 15.9. The van der Waals surface area contributed by atoms with Crippen LogP contribution in [-0.4, -0.2) is 36.2 Å². The lowest BCUT2D eigenvalue weighted by Crippen LogP contribution is -2.33. The lowest BCUT2D eigenvalue weighted by molar-refractivity contribution is -0.119. The van der Waals surface area contributed by atoms with E-state index < -0.39 is 23.8 Å². The number of nitrogens with zero attached hydrogens (tertiary/aromatic N) is 1. The van der Waals surface area contributed by atoms with Crippen molar-refractivity contribution in [3.63, 3.8) is 0 Å². The Hall–Kier alpha value is -3.42. The first-order valence-electron chi connectivity index (χ1n) is 9.13. The quantitative estimate of drug-likeness (QED) is 0.699. The van der Waals surface area contributed by atoms with Crippen molar-refractivity contribution in [2.45, 2.75) is 20.0 Å². The molecule has 1 saturated heterocycles. The minimum Gasteiger partial charge on any atom is -0.442 e. The number of aryl methyl sites for hydroxylation is 1. The number of hydrogen-bond acceptors (Lipinski definition) is 3. The van der Waals surface area contributed by atoms with Gasteiger partial charge in [0.25, 0.3) is 0 Å². The fourth-order valence-electron chi connectivity index (χ4n) is 3.52. The van der Waals surface area contributed by atoms with E-state index in [9.17, 15) is 18.4 Å². The minimum absolute atomic E-state index is 0.0673. The molecule has 4 rings (SSSR count). The van der Waals surface area contributed by atoms with Crippen LogP contribution in [0.15, 0.2) is 36.4 Å². The van der Waals surface area contributed by atoms with Gasteiger partial charge in [0.1, 0.15) is 17.7 Å². The third-order valence-corrected chi connectivity index (χ3v) is 4.84. The Morgan fingerprint density at radius 2 is 1.97 bits per heavy atom. The zero-order chi connectivity index (χ0) is 20.7. The normalized spacial score (nSPS) is 16.3. The van der Waals surface area contributed by atoms with Crippen molar-refractivity contribution in [1.29, 1.82) is 0 Å². The number of H-pyrrole nitrogens is 1. The Balaban J connectivity index is 1.63. The molecule has 0 aliphatic carbocycles. The van der Waals surface area contributed by atoms with Crippen LogP contribution in [0.3, 0.4) is 0 Å². The Labute approximate surface area is 165 Å². The monoisotopic (exact) mass is 399 g/mol. The highest BCUT2D eigenvalue weighted by Crippen LogP contribution is 2.33. The molecule has 1 aromatic heterocycles. The summed E-state index contributed by atoms with van der Waals surface area (Å²) >= 11 is 0. The number of rotatable bonds is 4. The average Bonchev–Trinajstić information content (AvgIpc) is 3.20. The predicted molar refractivity (Wildman–Crippen MR) is 105 cm³/mol. The van der Waals surface area contributed by atoms with E-state index in [0.717, 1.165) is 33.6 Å². The van der Waals surface area contributed by atoms with Gasteiger partial charge in [-0.1, -0.05) is 6.07 Å². The highest BCUT2D eigenvalue weighted by molar-refractivity contribution is 5.91. The minimum atomic E-state index is -0.773. The Kier molecular flexibility index (Phi) is 4.70. The van der Waals surface area contributed by atoms with Crippen LogP contribution >= 0.6 is 0 Å². The Morgan fingerprint density at radius 3 is 2.66 bits per heavy atom. The molecule has 0 spiro atoms. The maximum Gasteiger partial charge on any atom is 0.414 e. The fourth-order valence-corrected chi connectivity index (χ4v) is 3.52. The van der Waals surface area contributed by atoms with E-state index >= 15 is 0 Å². The zero-order valence-electron chi connectivity index (χ0n) is 15.9. The number of anilines is 1. The average molecular weight is 399 g/mol. The van der Waals surface area contributed by atoms with Gasteiger partial charge in [-0.05, 0) is 42.8 Å².